The lowest BCUT2D eigenvalue weighted by molar-refractivity contribution is 0.0509. The predicted octanol–water partition coefficient (Wildman–Crippen LogP) is 2.76. The lowest BCUT2D eigenvalue weighted by Crippen LogP contribution is -2.40. The van der Waals surface area contributed by atoms with Gasteiger partial charge in [0.2, 0.25) is 0 Å². The maximum atomic E-state index is 11.8. The molecule has 1 saturated heterocycles. The van der Waals surface area contributed by atoms with E-state index in [2.05, 4.69) is 20.6 Å². The Balaban J connectivity index is 1.96. The van der Waals surface area contributed by atoms with Gasteiger partial charge in [-0.05, 0) is 45.0 Å². The third-order valence-corrected chi connectivity index (χ3v) is 3.79. The van der Waals surface area contributed by atoms with Gasteiger partial charge in [0.15, 0.2) is 0 Å². The summed E-state index contributed by atoms with van der Waals surface area (Å²) in [6.45, 7) is 7.05. The molecule has 7 heteroatoms. The Morgan fingerprint density at radius 1 is 1.59 bits per heavy atom. The first-order chi connectivity index (χ1) is 10.4. The quantitative estimate of drug-likeness (QED) is 0.681. The van der Waals surface area contributed by atoms with E-state index in [4.69, 9.17) is 10.00 Å². The Bertz CT molecular complexity index is 580. The van der Waals surface area contributed by atoms with Gasteiger partial charge in [0.05, 0.1) is 16.6 Å². The van der Waals surface area contributed by atoms with E-state index >= 15 is 0 Å². The normalized spacial score (nSPS) is 17.9. The van der Waals surface area contributed by atoms with Gasteiger partial charge in [0.1, 0.15) is 11.0 Å². The first kappa shape index (κ1) is 16.4. The van der Waals surface area contributed by atoms with E-state index < -0.39 is 5.60 Å². The fourth-order valence-electron chi connectivity index (χ4n) is 2.33. The SMILES string of the molecule is CC(C)(C)OC(=O)N[C@H]1CCN(c2ccncc2SC#N)C1. The average molecular weight is 320 g/mol. The number of anilines is 1. The summed E-state index contributed by atoms with van der Waals surface area (Å²) in [6.07, 6.45) is 3.86. The van der Waals surface area contributed by atoms with Gasteiger partial charge < -0.3 is 15.0 Å². The Labute approximate surface area is 134 Å². The van der Waals surface area contributed by atoms with E-state index in [1.807, 2.05) is 26.8 Å². The van der Waals surface area contributed by atoms with Crippen molar-refractivity contribution in [3.8, 4) is 5.40 Å². The van der Waals surface area contributed by atoms with Crippen molar-refractivity contribution in [2.75, 3.05) is 18.0 Å². The monoisotopic (exact) mass is 320 g/mol. The van der Waals surface area contributed by atoms with Gasteiger partial charge in [-0.1, -0.05) is 0 Å². The van der Waals surface area contributed by atoms with Crippen LogP contribution in [0.4, 0.5) is 10.5 Å². The van der Waals surface area contributed by atoms with Crippen molar-refractivity contribution in [3.63, 3.8) is 0 Å². The van der Waals surface area contributed by atoms with Crippen molar-refractivity contribution in [2.45, 2.75) is 43.7 Å². The first-order valence-corrected chi connectivity index (χ1v) is 7.95. The topological polar surface area (TPSA) is 78.2 Å². The maximum Gasteiger partial charge on any atom is 0.407 e. The number of thioether (sulfide) groups is 1. The average Bonchev–Trinajstić information content (AvgIpc) is 2.85. The van der Waals surface area contributed by atoms with Crippen LogP contribution in [-0.4, -0.2) is 35.8 Å². The van der Waals surface area contributed by atoms with Crippen molar-refractivity contribution in [3.05, 3.63) is 18.5 Å². The zero-order chi connectivity index (χ0) is 16.2. The van der Waals surface area contributed by atoms with Crippen LogP contribution < -0.4 is 10.2 Å². The van der Waals surface area contributed by atoms with Crippen molar-refractivity contribution in [2.24, 2.45) is 0 Å². The lowest BCUT2D eigenvalue weighted by atomic mass is 10.2. The molecule has 1 fully saturated rings. The van der Waals surface area contributed by atoms with E-state index in [0.717, 1.165) is 35.3 Å². The number of nitrogens with one attached hydrogen (secondary N) is 1. The molecule has 1 amide bonds. The third-order valence-electron chi connectivity index (χ3n) is 3.17. The number of aromatic nitrogens is 1. The molecule has 1 aliphatic rings. The number of pyridine rings is 1. The number of nitrogens with zero attached hydrogens (tertiary/aromatic N) is 3. The molecule has 22 heavy (non-hydrogen) atoms. The molecule has 1 aromatic rings. The Kier molecular flexibility index (Phi) is 5.14. The van der Waals surface area contributed by atoms with Crippen molar-refractivity contribution in [1.82, 2.24) is 10.3 Å². The van der Waals surface area contributed by atoms with Crippen molar-refractivity contribution in [1.29, 1.82) is 5.26 Å². The summed E-state index contributed by atoms with van der Waals surface area (Å²) in [4.78, 5) is 18.9. The van der Waals surface area contributed by atoms with Gasteiger partial charge in [0.25, 0.3) is 0 Å². The summed E-state index contributed by atoms with van der Waals surface area (Å²) in [5.41, 5.74) is 0.486. The van der Waals surface area contributed by atoms with Gasteiger partial charge >= 0.3 is 6.09 Å². The van der Waals surface area contributed by atoms with Crippen LogP contribution in [0.15, 0.2) is 23.4 Å². The second kappa shape index (κ2) is 6.88. The summed E-state index contributed by atoms with van der Waals surface area (Å²) in [6, 6.07) is 1.94. The number of amides is 1. The number of carbonyl (C=O) groups is 1. The van der Waals surface area contributed by atoms with Gasteiger partial charge in [-0.25, -0.2) is 4.79 Å². The molecule has 2 rings (SSSR count). The number of ether oxygens (including phenoxy) is 1. The minimum Gasteiger partial charge on any atom is -0.444 e. The van der Waals surface area contributed by atoms with E-state index in [0.29, 0.717) is 6.54 Å². The van der Waals surface area contributed by atoms with Gasteiger partial charge in [-0.15, -0.1) is 0 Å². The summed E-state index contributed by atoms with van der Waals surface area (Å²) in [5.74, 6) is 0. The van der Waals surface area contributed by atoms with Crippen LogP contribution in [0.3, 0.4) is 0 Å². The highest BCUT2D eigenvalue weighted by Gasteiger charge is 2.27. The fourth-order valence-corrected chi connectivity index (χ4v) is 2.85. The van der Waals surface area contributed by atoms with Gasteiger partial charge in [-0.2, -0.15) is 5.26 Å². The molecule has 0 unspecified atom stereocenters. The Morgan fingerprint density at radius 3 is 3.05 bits per heavy atom. The number of alkyl carbamates (subject to hydrolysis) is 1. The van der Waals surface area contributed by atoms with E-state index in [1.54, 1.807) is 12.4 Å². The van der Waals surface area contributed by atoms with E-state index in [9.17, 15) is 4.79 Å². The van der Waals surface area contributed by atoms with Gasteiger partial charge in [0, 0.05) is 25.5 Å². The van der Waals surface area contributed by atoms with E-state index in [-0.39, 0.29) is 12.1 Å². The molecule has 2 heterocycles. The highest BCUT2D eigenvalue weighted by atomic mass is 32.2. The number of rotatable bonds is 3. The smallest absolute Gasteiger partial charge is 0.407 e. The summed E-state index contributed by atoms with van der Waals surface area (Å²) in [5, 5.41) is 13.8. The van der Waals surface area contributed by atoms with E-state index in [1.165, 1.54) is 0 Å². The summed E-state index contributed by atoms with van der Waals surface area (Å²) in [7, 11) is 0. The summed E-state index contributed by atoms with van der Waals surface area (Å²) >= 11 is 1.10. The Hall–Kier alpha value is -1.94. The van der Waals surface area contributed by atoms with Crippen LogP contribution in [0.1, 0.15) is 27.2 Å². The third kappa shape index (κ3) is 4.53. The summed E-state index contributed by atoms with van der Waals surface area (Å²) < 4.78 is 5.28. The zero-order valence-electron chi connectivity index (χ0n) is 13.0. The molecule has 6 nitrogen and oxygen atoms in total. The first-order valence-electron chi connectivity index (χ1n) is 7.13. The minimum atomic E-state index is -0.496. The van der Waals surface area contributed by atoms with Crippen LogP contribution in [-0.2, 0) is 4.74 Å². The molecule has 1 atom stereocenters. The minimum absolute atomic E-state index is 0.0444. The van der Waals surface area contributed by atoms with Crippen LogP contribution in [0.2, 0.25) is 0 Å². The fraction of sp³-hybridized carbons (Fsp3) is 0.533. The van der Waals surface area contributed by atoms with Crippen LogP contribution in [0, 0.1) is 10.7 Å². The number of nitriles is 1. The largest absolute Gasteiger partial charge is 0.444 e. The van der Waals surface area contributed by atoms with Crippen molar-refractivity contribution >= 4 is 23.5 Å². The van der Waals surface area contributed by atoms with Gasteiger partial charge in [-0.3, -0.25) is 4.98 Å². The molecule has 0 aliphatic carbocycles. The van der Waals surface area contributed by atoms with Crippen LogP contribution in [0.5, 0.6) is 0 Å². The second-order valence-corrected chi connectivity index (χ2v) is 6.94. The number of hydrogen-bond donors (Lipinski definition) is 1. The zero-order valence-corrected chi connectivity index (χ0v) is 13.8. The lowest BCUT2D eigenvalue weighted by Gasteiger charge is -2.23. The number of carbonyl (C=O) groups excluding carboxylic acids is 1. The van der Waals surface area contributed by atoms with Crippen molar-refractivity contribution < 1.29 is 9.53 Å². The second-order valence-electron chi connectivity index (χ2n) is 6.11. The molecule has 0 saturated carbocycles. The molecule has 1 aliphatic heterocycles. The highest BCUT2D eigenvalue weighted by molar-refractivity contribution is 8.03. The molecule has 0 aromatic carbocycles. The molecule has 0 spiro atoms. The standard InChI is InChI=1S/C15H20N4O2S/c1-15(2,3)21-14(20)18-11-5-7-19(9-11)12-4-6-17-8-13(12)22-10-16/h4,6,8,11H,5,7,9H2,1-3H3,(H,18,20)/t11-/m0/s1. The predicted molar refractivity (Wildman–Crippen MR) is 85.7 cm³/mol. The highest BCUT2D eigenvalue weighted by Crippen LogP contribution is 2.30. The molecule has 1 N–H and O–H groups in total. The maximum absolute atomic E-state index is 11.8. The number of hydrogen-bond acceptors (Lipinski definition) is 6. The molecule has 0 radical (unpaired) electrons. The molecule has 0 bridgehead atoms. The van der Waals surface area contributed by atoms with Crippen LogP contribution >= 0.6 is 11.8 Å². The molecule has 118 valence electrons. The molecular weight excluding hydrogens is 300 g/mol. The molecule has 1 aromatic heterocycles. The Morgan fingerprint density at radius 2 is 2.36 bits per heavy atom. The number of thiocyanates is 1. The molecular formula is C15H20N4O2S. The van der Waals surface area contributed by atoms with Crippen LogP contribution in [0.25, 0.3) is 0 Å².